The molecule has 6 heteroatoms. The number of imide groups is 1. The first-order valence-corrected chi connectivity index (χ1v) is 6.88. The standard InChI is InChI=1S/C14H18ClN3O2/c1-6-14(4)12(19)18(13(20)17(14)5)11-8(2)7-10(15)9(3)16-11/h7H,6H2,1-5H3. The molecule has 1 saturated heterocycles. The molecule has 108 valence electrons. The summed E-state index contributed by atoms with van der Waals surface area (Å²) in [6.45, 7) is 7.19. The zero-order valence-electron chi connectivity index (χ0n) is 12.3. The number of carbonyl (C=O) groups is 2. The van der Waals surface area contributed by atoms with Crippen LogP contribution in [0.5, 0.6) is 0 Å². The molecule has 2 rings (SSSR count). The highest BCUT2D eigenvalue weighted by Crippen LogP contribution is 2.34. The van der Waals surface area contributed by atoms with Gasteiger partial charge < -0.3 is 4.90 Å². The summed E-state index contributed by atoms with van der Waals surface area (Å²) in [5.74, 6) is 0.121. The Hall–Kier alpha value is -1.62. The van der Waals surface area contributed by atoms with Gasteiger partial charge >= 0.3 is 6.03 Å². The molecule has 0 aliphatic carbocycles. The largest absolute Gasteiger partial charge is 0.333 e. The van der Waals surface area contributed by atoms with E-state index in [9.17, 15) is 9.59 Å². The van der Waals surface area contributed by atoms with E-state index >= 15 is 0 Å². The van der Waals surface area contributed by atoms with Crippen LogP contribution in [0.4, 0.5) is 10.6 Å². The fourth-order valence-corrected chi connectivity index (χ4v) is 2.50. The molecule has 5 nitrogen and oxygen atoms in total. The van der Waals surface area contributed by atoms with E-state index in [4.69, 9.17) is 11.6 Å². The first-order valence-electron chi connectivity index (χ1n) is 6.50. The number of aromatic nitrogens is 1. The van der Waals surface area contributed by atoms with E-state index in [2.05, 4.69) is 4.98 Å². The fraction of sp³-hybridized carbons (Fsp3) is 0.500. The van der Waals surface area contributed by atoms with E-state index in [1.165, 1.54) is 4.90 Å². The fourth-order valence-electron chi connectivity index (χ4n) is 2.29. The van der Waals surface area contributed by atoms with Crippen molar-refractivity contribution in [2.24, 2.45) is 0 Å². The molecule has 0 N–H and O–H groups in total. The third-order valence-corrected chi connectivity index (χ3v) is 4.48. The number of hydrogen-bond donors (Lipinski definition) is 0. The number of halogens is 1. The Morgan fingerprint density at radius 3 is 2.45 bits per heavy atom. The molecule has 1 unspecified atom stereocenters. The number of carbonyl (C=O) groups excluding carboxylic acids is 2. The van der Waals surface area contributed by atoms with Crippen LogP contribution in [0.3, 0.4) is 0 Å². The van der Waals surface area contributed by atoms with Crippen LogP contribution < -0.4 is 4.90 Å². The molecule has 0 spiro atoms. The Morgan fingerprint density at radius 1 is 1.35 bits per heavy atom. The van der Waals surface area contributed by atoms with Gasteiger partial charge in [-0.25, -0.2) is 14.7 Å². The Morgan fingerprint density at radius 2 is 1.95 bits per heavy atom. The average Bonchev–Trinajstić information content (AvgIpc) is 2.57. The average molecular weight is 296 g/mol. The maximum absolute atomic E-state index is 12.6. The molecule has 1 atom stereocenters. The summed E-state index contributed by atoms with van der Waals surface area (Å²) in [6, 6.07) is 1.37. The van der Waals surface area contributed by atoms with Crippen molar-refractivity contribution in [1.82, 2.24) is 9.88 Å². The van der Waals surface area contributed by atoms with Crippen LogP contribution in [0.1, 0.15) is 31.5 Å². The Labute approximate surface area is 123 Å². The lowest BCUT2D eigenvalue weighted by atomic mass is 9.98. The number of aryl methyl sites for hydroxylation is 2. The quantitative estimate of drug-likeness (QED) is 0.788. The summed E-state index contributed by atoms with van der Waals surface area (Å²) in [6.07, 6.45) is 0.552. The van der Waals surface area contributed by atoms with Crippen LogP contribution in [0, 0.1) is 13.8 Å². The van der Waals surface area contributed by atoms with Crippen molar-refractivity contribution in [2.45, 2.75) is 39.7 Å². The second-order valence-corrected chi connectivity index (χ2v) is 5.71. The van der Waals surface area contributed by atoms with Crippen LogP contribution >= 0.6 is 11.6 Å². The minimum Gasteiger partial charge on any atom is -0.313 e. The summed E-state index contributed by atoms with van der Waals surface area (Å²) in [7, 11) is 1.64. The lowest BCUT2D eigenvalue weighted by Crippen LogP contribution is -2.44. The number of anilines is 1. The summed E-state index contributed by atoms with van der Waals surface area (Å²) < 4.78 is 0. The SMILES string of the molecule is CCC1(C)C(=O)N(c2nc(C)c(Cl)cc2C)C(=O)N1C. The van der Waals surface area contributed by atoms with Crippen molar-refractivity contribution in [1.29, 1.82) is 0 Å². The van der Waals surface area contributed by atoms with E-state index in [1.54, 1.807) is 33.9 Å². The number of hydrogen-bond acceptors (Lipinski definition) is 3. The molecule has 0 bridgehead atoms. The van der Waals surface area contributed by atoms with Gasteiger partial charge in [-0.2, -0.15) is 0 Å². The second-order valence-electron chi connectivity index (χ2n) is 5.31. The number of amides is 3. The molecular weight excluding hydrogens is 278 g/mol. The van der Waals surface area contributed by atoms with Crippen molar-refractivity contribution < 1.29 is 9.59 Å². The first-order chi connectivity index (χ1) is 9.24. The molecule has 0 saturated carbocycles. The number of nitrogens with zero attached hydrogens (tertiary/aromatic N) is 3. The van der Waals surface area contributed by atoms with Gasteiger partial charge in [0.2, 0.25) is 0 Å². The van der Waals surface area contributed by atoms with Gasteiger partial charge in [0.05, 0.1) is 10.7 Å². The van der Waals surface area contributed by atoms with Crippen LogP contribution in [0.15, 0.2) is 6.07 Å². The van der Waals surface area contributed by atoms with Crippen molar-refractivity contribution in [3.05, 3.63) is 22.3 Å². The monoisotopic (exact) mass is 295 g/mol. The Bertz CT molecular complexity index is 602. The molecular formula is C14H18ClN3O2. The number of rotatable bonds is 2. The van der Waals surface area contributed by atoms with E-state index in [0.717, 1.165) is 4.90 Å². The van der Waals surface area contributed by atoms with Gasteiger partial charge in [-0.3, -0.25) is 4.79 Å². The Balaban J connectivity index is 2.57. The second kappa shape index (κ2) is 4.74. The van der Waals surface area contributed by atoms with Crippen LogP contribution in [0.25, 0.3) is 0 Å². The predicted molar refractivity (Wildman–Crippen MR) is 78.1 cm³/mol. The molecule has 3 amide bonds. The van der Waals surface area contributed by atoms with Gasteiger partial charge in [0.1, 0.15) is 11.4 Å². The number of pyridine rings is 1. The molecule has 1 aliphatic rings. The zero-order valence-corrected chi connectivity index (χ0v) is 13.1. The van der Waals surface area contributed by atoms with E-state index < -0.39 is 5.54 Å². The summed E-state index contributed by atoms with van der Waals surface area (Å²) in [4.78, 5) is 32.0. The minimum atomic E-state index is -0.821. The van der Waals surface area contributed by atoms with E-state index in [1.807, 2.05) is 6.92 Å². The maximum Gasteiger partial charge on any atom is 0.333 e. The molecule has 1 aromatic rings. The minimum absolute atomic E-state index is 0.246. The van der Waals surface area contributed by atoms with Crippen molar-refractivity contribution >= 4 is 29.4 Å². The van der Waals surface area contributed by atoms with Gasteiger partial charge in [0, 0.05) is 7.05 Å². The third-order valence-electron chi connectivity index (χ3n) is 4.10. The summed E-state index contributed by atoms with van der Waals surface area (Å²) in [5, 5.41) is 0.525. The molecule has 0 aromatic carbocycles. The van der Waals surface area contributed by atoms with Gasteiger partial charge in [-0.05, 0) is 38.8 Å². The van der Waals surface area contributed by atoms with Crippen molar-refractivity contribution in [2.75, 3.05) is 11.9 Å². The first kappa shape index (κ1) is 14.8. The molecule has 1 aliphatic heterocycles. The van der Waals surface area contributed by atoms with Crippen LogP contribution in [-0.2, 0) is 4.79 Å². The van der Waals surface area contributed by atoms with Gasteiger partial charge in [0.15, 0.2) is 0 Å². The molecule has 1 aromatic heterocycles. The summed E-state index contributed by atoms with van der Waals surface area (Å²) in [5.41, 5.74) is 0.482. The maximum atomic E-state index is 12.6. The summed E-state index contributed by atoms with van der Waals surface area (Å²) >= 11 is 6.02. The lowest BCUT2D eigenvalue weighted by molar-refractivity contribution is -0.123. The third kappa shape index (κ3) is 1.88. The highest BCUT2D eigenvalue weighted by molar-refractivity contribution is 6.31. The highest BCUT2D eigenvalue weighted by Gasteiger charge is 2.52. The van der Waals surface area contributed by atoms with Crippen LogP contribution in [0.2, 0.25) is 5.02 Å². The normalized spacial score (nSPS) is 22.9. The van der Waals surface area contributed by atoms with Crippen molar-refractivity contribution in [3.63, 3.8) is 0 Å². The Kier molecular flexibility index (Phi) is 3.50. The molecule has 0 radical (unpaired) electrons. The molecule has 2 heterocycles. The van der Waals surface area contributed by atoms with Gasteiger partial charge in [-0.1, -0.05) is 18.5 Å². The van der Waals surface area contributed by atoms with Crippen molar-refractivity contribution in [3.8, 4) is 0 Å². The highest BCUT2D eigenvalue weighted by atomic mass is 35.5. The van der Waals surface area contributed by atoms with E-state index in [-0.39, 0.29) is 11.9 Å². The molecule has 1 fully saturated rings. The number of urea groups is 1. The lowest BCUT2D eigenvalue weighted by Gasteiger charge is -2.26. The topological polar surface area (TPSA) is 53.5 Å². The van der Waals surface area contributed by atoms with Crippen LogP contribution in [-0.4, -0.2) is 34.4 Å². The van der Waals surface area contributed by atoms with E-state index in [0.29, 0.717) is 28.5 Å². The number of likely N-dealkylation sites (N-methyl/N-ethyl adjacent to an activating group) is 1. The van der Waals surface area contributed by atoms with Gasteiger partial charge in [0.25, 0.3) is 5.91 Å². The predicted octanol–water partition coefficient (Wildman–Crippen LogP) is 2.92. The molecule has 20 heavy (non-hydrogen) atoms. The zero-order chi connectivity index (χ0) is 15.2. The smallest absolute Gasteiger partial charge is 0.313 e. The van der Waals surface area contributed by atoms with Gasteiger partial charge in [-0.15, -0.1) is 0 Å².